The maximum absolute atomic E-state index is 12.2. The molecule has 0 saturated heterocycles. The van der Waals surface area contributed by atoms with Gasteiger partial charge in [0.15, 0.2) is 0 Å². The monoisotopic (exact) mass is 335 g/mol. The largest absolute Gasteiger partial charge is 0.467 e. The lowest BCUT2D eigenvalue weighted by Crippen LogP contribution is -2.53. The minimum Gasteiger partial charge on any atom is -0.467 e. The molecule has 1 aromatic rings. The van der Waals surface area contributed by atoms with Crippen LogP contribution >= 0.6 is 11.8 Å². The average molecular weight is 335 g/mol. The predicted molar refractivity (Wildman–Crippen MR) is 92.6 cm³/mol. The molecule has 0 aliphatic heterocycles. The molecule has 0 aromatic heterocycles. The van der Waals surface area contributed by atoms with Crippen molar-refractivity contribution in [2.45, 2.75) is 56.4 Å². The standard InChI is InChI=1S/C18H25NO3S/c1-13-6-7-15(12-14(13)2)23-11-8-16(20)19-18(17(21)22-3)9-4-5-10-18/h6-7,12H,4-5,8-11H2,1-3H3,(H,19,20). The third-order valence-electron chi connectivity index (χ3n) is 4.49. The average Bonchev–Trinajstić information content (AvgIpc) is 2.99. The molecule has 5 heteroatoms. The Hall–Kier alpha value is -1.49. The maximum atomic E-state index is 12.2. The Bertz CT molecular complexity index is 580. The van der Waals surface area contributed by atoms with Gasteiger partial charge in [0.2, 0.25) is 5.91 Å². The highest BCUT2D eigenvalue weighted by Gasteiger charge is 2.43. The smallest absolute Gasteiger partial charge is 0.331 e. The van der Waals surface area contributed by atoms with Gasteiger partial charge in [0.1, 0.15) is 5.54 Å². The van der Waals surface area contributed by atoms with Crippen LogP contribution in [0.25, 0.3) is 0 Å². The Balaban J connectivity index is 1.84. The second-order valence-corrected chi connectivity index (χ2v) is 7.34. The molecular weight excluding hydrogens is 310 g/mol. The van der Waals surface area contributed by atoms with Crippen LogP contribution in [0, 0.1) is 13.8 Å². The molecule has 126 valence electrons. The van der Waals surface area contributed by atoms with Crippen LogP contribution in [0.2, 0.25) is 0 Å². The maximum Gasteiger partial charge on any atom is 0.331 e. The van der Waals surface area contributed by atoms with Crippen molar-refractivity contribution in [3.8, 4) is 0 Å². The Kier molecular flexibility index (Phi) is 6.10. The number of hydrogen-bond acceptors (Lipinski definition) is 4. The molecule has 0 unspecified atom stereocenters. The Morgan fingerprint density at radius 2 is 1.91 bits per heavy atom. The quantitative estimate of drug-likeness (QED) is 0.639. The van der Waals surface area contributed by atoms with E-state index in [-0.39, 0.29) is 11.9 Å². The van der Waals surface area contributed by atoms with Crippen LogP contribution in [0.3, 0.4) is 0 Å². The van der Waals surface area contributed by atoms with Crippen LogP contribution in [0.15, 0.2) is 23.1 Å². The number of carbonyl (C=O) groups excluding carboxylic acids is 2. The van der Waals surface area contributed by atoms with E-state index in [1.165, 1.54) is 23.1 Å². The summed E-state index contributed by atoms with van der Waals surface area (Å²) in [7, 11) is 1.38. The summed E-state index contributed by atoms with van der Waals surface area (Å²) in [6.07, 6.45) is 3.65. The van der Waals surface area contributed by atoms with Crippen LogP contribution in [-0.2, 0) is 14.3 Å². The second kappa shape index (κ2) is 7.86. The number of aryl methyl sites for hydroxylation is 2. The highest BCUT2D eigenvalue weighted by molar-refractivity contribution is 7.99. The van der Waals surface area contributed by atoms with E-state index in [4.69, 9.17) is 4.74 Å². The number of thioether (sulfide) groups is 1. The molecule has 1 saturated carbocycles. The molecule has 0 bridgehead atoms. The molecule has 1 N–H and O–H groups in total. The van der Waals surface area contributed by atoms with E-state index < -0.39 is 5.54 Å². The molecule has 23 heavy (non-hydrogen) atoms. The lowest BCUT2D eigenvalue weighted by molar-refractivity contribution is -0.150. The summed E-state index contributed by atoms with van der Waals surface area (Å²) in [6, 6.07) is 6.32. The van der Waals surface area contributed by atoms with Gasteiger partial charge >= 0.3 is 5.97 Å². The van der Waals surface area contributed by atoms with Gasteiger partial charge in [0.05, 0.1) is 7.11 Å². The zero-order chi connectivity index (χ0) is 16.9. The van der Waals surface area contributed by atoms with Gasteiger partial charge in [-0.1, -0.05) is 18.9 Å². The summed E-state index contributed by atoms with van der Waals surface area (Å²) in [5, 5.41) is 2.92. The number of hydrogen-bond donors (Lipinski definition) is 1. The zero-order valence-electron chi connectivity index (χ0n) is 14.1. The number of nitrogens with one attached hydrogen (secondary N) is 1. The topological polar surface area (TPSA) is 55.4 Å². The molecule has 0 spiro atoms. The molecule has 1 amide bonds. The van der Waals surface area contributed by atoms with Crippen molar-refractivity contribution in [1.29, 1.82) is 0 Å². The van der Waals surface area contributed by atoms with Crippen LogP contribution in [0.4, 0.5) is 0 Å². The molecule has 0 radical (unpaired) electrons. The van der Waals surface area contributed by atoms with Crippen molar-refractivity contribution in [1.82, 2.24) is 5.32 Å². The molecule has 1 aromatic carbocycles. The van der Waals surface area contributed by atoms with E-state index >= 15 is 0 Å². The Morgan fingerprint density at radius 1 is 1.22 bits per heavy atom. The normalized spacial score (nSPS) is 16.1. The first kappa shape index (κ1) is 17.9. The fraction of sp³-hybridized carbons (Fsp3) is 0.556. The summed E-state index contributed by atoms with van der Waals surface area (Å²) in [4.78, 5) is 25.4. The molecule has 4 nitrogen and oxygen atoms in total. The number of carbonyl (C=O) groups is 2. The first-order valence-electron chi connectivity index (χ1n) is 8.06. The number of methoxy groups -OCH3 is 1. The second-order valence-electron chi connectivity index (χ2n) is 6.17. The van der Waals surface area contributed by atoms with Crippen molar-refractivity contribution < 1.29 is 14.3 Å². The number of ether oxygens (including phenoxy) is 1. The zero-order valence-corrected chi connectivity index (χ0v) is 14.9. The Labute approximate surface area is 142 Å². The van der Waals surface area contributed by atoms with E-state index in [2.05, 4.69) is 37.4 Å². The van der Waals surface area contributed by atoms with E-state index in [1.54, 1.807) is 11.8 Å². The predicted octanol–water partition coefficient (Wildman–Crippen LogP) is 3.39. The number of esters is 1. The molecule has 0 heterocycles. The summed E-state index contributed by atoms with van der Waals surface area (Å²) in [5.74, 6) is 0.310. The van der Waals surface area contributed by atoms with Crippen LogP contribution in [-0.4, -0.2) is 30.3 Å². The first-order valence-corrected chi connectivity index (χ1v) is 9.05. The summed E-state index contributed by atoms with van der Waals surface area (Å²) in [6.45, 7) is 4.18. The van der Waals surface area contributed by atoms with Crippen molar-refractivity contribution >= 4 is 23.6 Å². The summed E-state index contributed by atoms with van der Waals surface area (Å²) >= 11 is 1.67. The van der Waals surface area contributed by atoms with Crippen LogP contribution in [0.5, 0.6) is 0 Å². The fourth-order valence-corrected chi connectivity index (χ4v) is 3.90. The summed E-state index contributed by atoms with van der Waals surface area (Å²) < 4.78 is 4.88. The van der Waals surface area contributed by atoms with E-state index in [0.717, 1.165) is 12.8 Å². The minimum atomic E-state index is -0.795. The molecule has 2 rings (SSSR count). The van der Waals surface area contributed by atoms with Crippen LogP contribution in [0.1, 0.15) is 43.2 Å². The van der Waals surface area contributed by atoms with Gasteiger partial charge in [-0.2, -0.15) is 0 Å². The lowest BCUT2D eigenvalue weighted by Gasteiger charge is -2.27. The van der Waals surface area contributed by atoms with E-state index in [0.29, 0.717) is 25.0 Å². The van der Waals surface area contributed by atoms with Gasteiger partial charge in [-0.3, -0.25) is 4.79 Å². The van der Waals surface area contributed by atoms with Gasteiger partial charge in [0, 0.05) is 17.1 Å². The van der Waals surface area contributed by atoms with Crippen molar-refractivity contribution in [3.63, 3.8) is 0 Å². The number of amides is 1. The number of benzene rings is 1. The van der Waals surface area contributed by atoms with Crippen LogP contribution < -0.4 is 5.32 Å². The Morgan fingerprint density at radius 3 is 2.52 bits per heavy atom. The number of rotatable bonds is 6. The third kappa shape index (κ3) is 4.50. The van der Waals surface area contributed by atoms with Gasteiger partial charge in [-0.25, -0.2) is 4.79 Å². The third-order valence-corrected chi connectivity index (χ3v) is 5.48. The molecule has 1 aliphatic carbocycles. The lowest BCUT2D eigenvalue weighted by atomic mass is 9.97. The molecule has 0 atom stereocenters. The molecular formula is C18H25NO3S. The van der Waals surface area contributed by atoms with Gasteiger partial charge in [-0.15, -0.1) is 11.8 Å². The van der Waals surface area contributed by atoms with Crippen molar-refractivity contribution in [3.05, 3.63) is 29.3 Å². The first-order chi connectivity index (χ1) is 11.0. The highest BCUT2D eigenvalue weighted by atomic mass is 32.2. The molecule has 1 fully saturated rings. The molecule has 1 aliphatic rings. The fourth-order valence-electron chi connectivity index (χ4n) is 2.95. The summed E-state index contributed by atoms with van der Waals surface area (Å²) in [5.41, 5.74) is 1.74. The minimum absolute atomic E-state index is 0.0753. The van der Waals surface area contributed by atoms with E-state index in [9.17, 15) is 9.59 Å². The van der Waals surface area contributed by atoms with E-state index in [1.807, 2.05) is 0 Å². The SMILES string of the molecule is COC(=O)C1(NC(=O)CCSc2ccc(C)c(C)c2)CCCC1. The van der Waals surface area contributed by atoms with Gasteiger partial charge in [0.25, 0.3) is 0 Å². The highest BCUT2D eigenvalue weighted by Crippen LogP contribution is 2.31. The van der Waals surface area contributed by atoms with Crippen molar-refractivity contribution in [2.75, 3.05) is 12.9 Å². The van der Waals surface area contributed by atoms with Crippen molar-refractivity contribution in [2.24, 2.45) is 0 Å². The van der Waals surface area contributed by atoms with Gasteiger partial charge in [-0.05, 0) is 49.9 Å². The van der Waals surface area contributed by atoms with Gasteiger partial charge < -0.3 is 10.1 Å².